The molecule has 20 heavy (non-hydrogen) atoms. The van der Waals surface area contributed by atoms with Gasteiger partial charge in [-0.3, -0.25) is 0 Å². The second kappa shape index (κ2) is 4.60. The molecule has 2 aromatic carbocycles. The minimum Gasteiger partial charge on any atom is -0.366 e. The van der Waals surface area contributed by atoms with Crippen LogP contribution < -0.4 is 5.32 Å². The standard InChI is InChI=1S/C17H15N3/c1-2-6-13-10-14(9-12(13)5-1)20-17-15-7-3-4-8-16(15)18-11-19-17/h1-8,11,14H,9-10H2,(H,18,19,20). The summed E-state index contributed by atoms with van der Waals surface area (Å²) >= 11 is 0. The van der Waals surface area contributed by atoms with Gasteiger partial charge in [0.2, 0.25) is 0 Å². The number of hydrogen-bond donors (Lipinski definition) is 1. The Labute approximate surface area is 117 Å². The summed E-state index contributed by atoms with van der Waals surface area (Å²) < 4.78 is 0. The summed E-state index contributed by atoms with van der Waals surface area (Å²) in [6.07, 6.45) is 3.76. The molecular weight excluding hydrogens is 246 g/mol. The van der Waals surface area contributed by atoms with Crippen LogP contribution in [0.2, 0.25) is 0 Å². The van der Waals surface area contributed by atoms with Crippen molar-refractivity contribution in [3.8, 4) is 0 Å². The van der Waals surface area contributed by atoms with Crippen LogP contribution in [-0.4, -0.2) is 16.0 Å². The first-order valence-electron chi connectivity index (χ1n) is 6.93. The van der Waals surface area contributed by atoms with Gasteiger partial charge in [0.05, 0.1) is 5.52 Å². The number of nitrogens with one attached hydrogen (secondary N) is 1. The molecule has 0 amide bonds. The van der Waals surface area contributed by atoms with Gasteiger partial charge in [-0.25, -0.2) is 9.97 Å². The van der Waals surface area contributed by atoms with Gasteiger partial charge in [-0.15, -0.1) is 0 Å². The van der Waals surface area contributed by atoms with Crippen LogP contribution >= 0.6 is 0 Å². The van der Waals surface area contributed by atoms with Crippen LogP contribution in [0.1, 0.15) is 11.1 Å². The lowest BCUT2D eigenvalue weighted by Crippen LogP contribution is -2.20. The number of fused-ring (bicyclic) bond motifs is 2. The molecule has 98 valence electrons. The van der Waals surface area contributed by atoms with Gasteiger partial charge >= 0.3 is 0 Å². The molecule has 1 aliphatic carbocycles. The van der Waals surface area contributed by atoms with Crippen LogP contribution in [0.15, 0.2) is 54.9 Å². The minimum atomic E-state index is 0.422. The summed E-state index contributed by atoms with van der Waals surface area (Å²) in [6, 6.07) is 17.2. The molecule has 0 saturated heterocycles. The molecule has 0 aliphatic heterocycles. The molecule has 1 N–H and O–H groups in total. The Hall–Kier alpha value is -2.42. The number of nitrogens with zero attached hydrogens (tertiary/aromatic N) is 2. The van der Waals surface area contributed by atoms with E-state index in [0.29, 0.717) is 6.04 Å². The number of rotatable bonds is 2. The fourth-order valence-electron chi connectivity index (χ4n) is 2.97. The van der Waals surface area contributed by atoms with Crippen molar-refractivity contribution in [3.05, 3.63) is 66.0 Å². The molecule has 0 spiro atoms. The van der Waals surface area contributed by atoms with E-state index in [9.17, 15) is 0 Å². The number of anilines is 1. The van der Waals surface area contributed by atoms with E-state index in [1.165, 1.54) is 11.1 Å². The van der Waals surface area contributed by atoms with Crippen molar-refractivity contribution < 1.29 is 0 Å². The monoisotopic (exact) mass is 261 g/mol. The molecular formula is C17H15N3. The zero-order valence-corrected chi connectivity index (χ0v) is 11.1. The van der Waals surface area contributed by atoms with Gasteiger partial charge in [0.15, 0.2) is 0 Å². The smallest absolute Gasteiger partial charge is 0.137 e. The van der Waals surface area contributed by atoms with Gasteiger partial charge < -0.3 is 5.32 Å². The summed E-state index contributed by atoms with van der Waals surface area (Å²) in [5.74, 6) is 0.938. The highest BCUT2D eigenvalue weighted by atomic mass is 15.0. The van der Waals surface area contributed by atoms with Crippen LogP contribution in [0.25, 0.3) is 10.9 Å². The molecule has 4 rings (SSSR count). The van der Waals surface area contributed by atoms with Crippen LogP contribution in [-0.2, 0) is 12.8 Å². The van der Waals surface area contributed by atoms with Crippen molar-refractivity contribution in [1.29, 1.82) is 0 Å². The predicted molar refractivity (Wildman–Crippen MR) is 80.8 cm³/mol. The predicted octanol–water partition coefficient (Wildman–Crippen LogP) is 3.21. The molecule has 1 heterocycles. The van der Waals surface area contributed by atoms with E-state index >= 15 is 0 Å². The topological polar surface area (TPSA) is 37.8 Å². The van der Waals surface area contributed by atoms with E-state index in [1.807, 2.05) is 18.2 Å². The zero-order chi connectivity index (χ0) is 13.4. The van der Waals surface area contributed by atoms with Crippen LogP contribution in [0.3, 0.4) is 0 Å². The number of aromatic nitrogens is 2. The molecule has 0 atom stereocenters. The number of benzene rings is 2. The highest BCUT2D eigenvalue weighted by Crippen LogP contribution is 2.26. The van der Waals surface area contributed by atoms with Crippen molar-refractivity contribution in [2.75, 3.05) is 5.32 Å². The number of hydrogen-bond acceptors (Lipinski definition) is 3. The zero-order valence-electron chi connectivity index (χ0n) is 11.1. The highest BCUT2D eigenvalue weighted by Gasteiger charge is 2.21. The maximum atomic E-state index is 4.41. The average molecular weight is 261 g/mol. The molecule has 0 bridgehead atoms. The van der Waals surface area contributed by atoms with Gasteiger partial charge in [0.25, 0.3) is 0 Å². The average Bonchev–Trinajstić information content (AvgIpc) is 2.90. The molecule has 0 saturated carbocycles. The first-order chi connectivity index (χ1) is 9.90. The summed E-state index contributed by atoms with van der Waals surface area (Å²) in [7, 11) is 0. The Bertz CT molecular complexity index is 737. The lowest BCUT2D eigenvalue weighted by atomic mass is 10.1. The normalized spacial score (nSPS) is 14.4. The van der Waals surface area contributed by atoms with Crippen molar-refractivity contribution >= 4 is 16.7 Å². The summed E-state index contributed by atoms with van der Waals surface area (Å²) in [6.45, 7) is 0. The van der Waals surface area contributed by atoms with Crippen molar-refractivity contribution in [2.45, 2.75) is 18.9 Å². The summed E-state index contributed by atoms with van der Waals surface area (Å²) in [5.41, 5.74) is 3.88. The lowest BCUT2D eigenvalue weighted by molar-refractivity contribution is 0.770. The van der Waals surface area contributed by atoms with E-state index < -0.39 is 0 Å². The largest absolute Gasteiger partial charge is 0.366 e. The van der Waals surface area contributed by atoms with Gasteiger partial charge in [-0.05, 0) is 36.1 Å². The van der Waals surface area contributed by atoms with E-state index in [-0.39, 0.29) is 0 Å². The second-order valence-electron chi connectivity index (χ2n) is 5.26. The molecule has 0 fully saturated rings. The van der Waals surface area contributed by atoms with Gasteiger partial charge in [-0.1, -0.05) is 36.4 Å². The van der Waals surface area contributed by atoms with E-state index in [4.69, 9.17) is 0 Å². The van der Waals surface area contributed by atoms with E-state index in [0.717, 1.165) is 29.6 Å². The highest BCUT2D eigenvalue weighted by molar-refractivity contribution is 5.88. The Morgan fingerprint density at radius 2 is 1.55 bits per heavy atom. The van der Waals surface area contributed by atoms with Crippen LogP contribution in [0, 0.1) is 0 Å². The van der Waals surface area contributed by atoms with Crippen LogP contribution in [0.5, 0.6) is 0 Å². The summed E-state index contributed by atoms with van der Waals surface area (Å²) in [4.78, 5) is 8.72. The Morgan fingerprint density at radius 1 is 0.850 bits per heavy atom. The van der Waals surface area contributed by atoms with Crippen molar-refractivity contribution in [2.24, 2.45) is 0 Å². The SMILES string of the molecule is c1ccc2c(c1)CC(Nc1ncnc3ccccc13)C2. The molecule has 1 aliphatic rings. The second-order valence-corrected chi connectivity index (χ2v) is 5.26. The third-order valence-corrected chi connectivity index (χ3v) is 3.93. The van der Waals surface area contributed by atoms with E-state index in [2.05, 4.69) is 45.6 Å². The van der Waals surface area contributed by atoms with Crippen molar-refractivity contribution in [3.63, 3.8) is 0 Å². The first-order valence-corrected chi connectivity index (χ1v) is 6.93. The van der Waals surface area contributed by atoms with Gasteiger partial charge in [0.1, 0.15) is 12.1 Å². The van der Waals surface area contributed by atoms with Crippen molar-refractivity contribution in [1.82, 2.24) is 9.97 Å². The summed E-state index contributed by atoms with van der Waals surface area (Å²) in [5, 5.41) is 4.67. The van der Waals surface area contributed by atoms with E-state index in [1.54, 1.807) is 6.33 Å². The quantitative estimate of drug-likeness (QED) is 0.769. The van der Waals surface area contributed by atoms with Gasteiger partial charge in [-0.2, -0.15) is 0 Å². The third kappa shape index (κ3) is 1.92. The minimum absolute atomic E-state index is 0.422. The Morgan fingerprint density at radius 3 is 2.35 bits per heavy atom. The van der Waals surface area contributed by atoms with Gasteiger partial charge in [0, 0.05) is 11.4 Å². The maximum absolute atomic E-state index is 4.41. The van der Waals surface area contributed by atoms with Crippen LogP contribution in [0.4, 0.5) is 5.82 Å². The lowest BCUT2D eigenvalue weighted by Gasteiger charge is -2.14. The Balaban J connectivity index is 1.64. The number of para-hydroxylation sites is 1. The molecule has 3 aromatic rings. The fourth-order valence-corrected chi connectivity index (χ4v) is 2.97. The third-order valence-electron chi connectivity index (χ3n) is 3.93. The molecule has 3 heteroatoms. The Kier molecular flexibility index (Phi) is 2.62. The first kappa shape index (κ1) is 11.4. The molecule has 0 unspecified atom stereocenters. The molecule has 0 radical (unpaired) electrons. The molecule has 3 nitrogen and oxygen atoms in total. The molecule has 1 aromatic heterocycles. The fraction of sp³-hybridized carbons (Fsp3) is 0.176. The maximum Gasteiger partial charge on any atom is 0.137 e.